The molecular formula is C40H24N4O. The Balaban J connectivity index is 1.31. The van der Waals surface area contributed by atoms with Gasteiger partial charge in [-0.25, -0.2) is 9.97 Å². The van der Waals surface area contributed by atoms with Crippen LogP contribution in [0.15, 0.2) is 150 Å². The van der Waals surface area contributed by atoms with Crippen molar-refractivity contribution < 1.29 is 4.42 Å². The second-order valence-corrected chi connectivity index (χ2v) is 11.5. The SMILES string of the molecule is c1ccc(-n2c3ccccc3c3ccc(-n4c5cc(-c6nc7ccccc7o6)ccc5c5c6ccccc6ccc54)cc32)nc1. The van der Waals surface area contributed by atoms with Gasteiger partial charge in [0.1, 0.15) is 11.3 Å². The fraction of sp³-hybridized carbons (Fsp3) is 0. The third-order valence-electron chi connectivity index (χ3n) is 8.99. The van der Waals surface area contributed by atoms with E-state index < -0.39 is 0 Å². The lowest BCUT2D eigenvalue weighted by atomic mass is 10.0. The first-order valence-electron chi connectivity index (χ1n) is 15.1. The van der Waals surface area contributed by atoms with Crippen molar-refractivity contribution in [3.05, 3.63) is 146 Å². The molecule has 10 aromatic rings. The van der Waals surface area contributed by atoms with Crippen LogP contribution in [-0.2, 0) is 0 Å². The first-order valence-corrected chi connectivity index (χ1v) is 15.1. The Labute approximate surface area is 257 Å². The summed E-state index contributed by atoms with van der Waals surface area (Å²) < 4.78 is 10.9. The van der Waals surface area contributed by atoms with Crippen LogP contribution in [0.25, 0.3) is 88.4 Å². The molecule has 0 amide bonds. The molecule has 6 aromatic carbocycles. The minimum Gasteiger partial charge on any atom is -0.436 e. The average Bonchev–Trinajstić information content (AvgIpc) is 3.78. The van der Waals surface area contributed by atoms with Crippen molar-refractivity contribution in [3.8, 4) is 23.0 Å². The number of benzene rings is 6. The molecular weight excluding hydrogens is 552 g/mol. The Morgan fingerprint density at radius 1 is 0.511 bits per heavy atom. The number of para-hydroxylation sites is 3. The van der Waals surface area contributed by atoms with Gasteiger partial charge >= 0.3 is 0 Å². The van der Waals surface area contributed by atoms with Crippen molar-refractivity contribution >= 4 is 65.5 Å². The number of fused-ring (bicyclic) bond motifs is 9. The fourth-order valence-corrected chi connectivity index (χ4v) is 7.03. The first-order chi connectivity index (χ1) is 22.3. The Morgan fingerprint density at radius 3 is 2.20 bits per heavy atom. The molecule has 0 spiro atoms. The number of rotatable bonds is 3. The summed E-state index contributed by atoms with van der Waals surface area (Å²) in [5.41, 5.74) is 8.15. The Bertz CT molecular complexity index is 2730. The van der Waals surface area contributed by atoms with E-state index in [0.29, 0.717) is 5.89 Å². The standard InChI is InChI=1S/C40H24N4O/c1-2-10-28-25(9-1)17-21-34-39(28)31-19-16-26(40-42-32-12-4-6-14-37(32)45-40)23-35(31)43(34)27-18-20-30-29-11-3-5-13-33(29)44(36(30)24-27)38-15-7-8-22-41-38/h1-24H. The van der Waals surface area contributed by atoms with Gasteiger partial charge in [0.25, 0.3) is 0 Å². The van der Waals surface area contributed by atoms with E-state index in [1.54, 1.807) is 0 Å². The molecule has 10 rings (SSSR count). The van der Waals surface area contributed by atoms with Crippen LogP contribution in [0.2, 0.25) is 0 Å². The summed E-state index contributed by atoms with van der Waals surface area (Å²) >= 11 is 0. The first kappa shape index (κ1) is 24.3. The maximum atomic E-state index is 6.22. The van der Waals surface area contributed by atoms with E-state index in [4.69, 9.17) is 14.4 Å². The quantitative estimate of drug-likeness (QED) is 0.210. The summed E-state index contributed by atoms with van der Waals surface area (Å²) in [6.07, 6.45) is 1.85. The number of hydrogen-bond acceptors (Lipinski definition) is 3. The van der Waals surface area contributed by atoms with Gasteiger partial charge in [0.15, 0.2) is 5.58 Å². The molecule has 0 fully saturated rings. The van der Waals surface area contributed by atoms with E-state index in [2.05, 4.69) is 112 Å². The molecule has 0 aliphatic heterocycles. The van der Waals surface area contributed by atoms with E-state index in [0.717, 1.165) is 50.2 Å². The fourth-order valence-electron chi connectivity index (χ4n) is 7.03. The topological polar surface area (TPSA) is 48.8 Å². The van der Waals surface area contributed by atoms with Gasteiger partial charge < -0.3 is 8.98 Å². The van der Waals surface area contributed by atoms with Crippen molar-refractivity contribution in [2.24, 2.45) is 0 Å². The summed E-state index contributed by atoms with van der Waals surface area (Å²) in [5, 5.41) is 7.27. The summed E-state index contributed by atoms with van der Waals surface area (Å²) in [5.74, 6) is 1.51. The highest BCUT2D eigenvalue weighted by molar-refractivity contribution is 6.22. The molecule has 0 saturated carbocycles. The van der Waals surface area contributed by atoms with Crippen LogP contribution in [0.4, 0.5) is 0 Å². The minimum atomic E-state index is 0.616. The summed E-state index contributed by atoms with van der Waals surface area (Å²) in [4.78, 5) is 9.57. The van der Waals surface area contributed by atoms with Crippen LogP contribution >= 0.6 is 0 Å². The van der Waals surface area contributed by atoms with Gasteiger partial charge in [-0.15, -0.1) is 0 Å². The molecule has 4 aromatic heterocycles. The van der Waals surface area contributed by atoms with Gasteiger partial charge in [-0.05, 0) is 71.4 Å². The molecule has 5 nitrogen and oxygen atoms in total. The zero-order chi connectivity index (χ0) is 29.5. The van der Waals surface area contributed by atoms with Crippen LogP contribution in [0.5, 0.6) is 0 Å². The molecule has 0 unspecified atom stereocenters. The van der Waals surface area contributed by atoms with E-state index in [1.807, 2.05) is 42.6 Å². The van der Waals surface area contributed by atoms with Crippen molar-refractivity contribution in [2.45, 2.75) is 0 Å². The maximum Gasteiger partial charge on any atom is 0.227 e. The molecule has 0 atom stereocenters. The summed E-state index contributed by atoms with van der Waals surface area (Å²) in [7, 11) is 0. The van der Waals surface area contributed by atoms with Gasteiger partial charge in [0.05, 0.1) is 22.1 Å². The van der Waals surface area contributed by atoms with Crippen LogP contribution in [-0.4, -0.2) is 19.1 Å². The van der Waals surface area contributed by atoms with Crippen molar-refractivity contribution in [1.29, 1.82) is 0 Å². The van der Waals surface area contributed by atoms with Crippen LogP contribution in [0, 0.1) is 0 Å². The highest BCUT2D eigenvalue weighted by Gasteiger charge is 2.19. The van der Waals surface area contributed by atoms with E-state index in [-0.39, 0.29) is 0 Å². The number of pyridine rings is 1. The van der Waals surface area contributed by atoms with Crippen LogP contribution in [0.1, 0.15) is 0 Å². The lowest BCUT2D eigenvalue weighted by Gasteiger charge is -2.11. The zero-order valence-corrected chi connectivity index (χ0v) is 24.1. The Morgan fingerprint density at radius 2 is 1.29 bits per heavy atom. The van der Waals surface area contributed by atoms with Crippen molar-refractivity contribution in [1.82, 2.24) is 19.1 Å². The second kappa shape index (κ2) is 9.15. The Kier molecular flexibility index (Phi) is 4.93. The molecule has 0 N–H and O–H groups in total. The van der Waals surface area contributed by atoms with Gasteiger partial charge in [0, 0.05) is 39.0 Å². The molecule has 4 heterocycles. The Hall–Kier alpha value is -6.20. The number of hydrogen-bond donors (Lipinski definition) is 0. The molecule has 5 heteroatoms. The van der Waals surface area contributed by atoms with Crippen LogP contribution < -0.4 is 0 Å². The number of nitrogens with zero attached hydrogens (tertiary/aromatic N) is 4. The minimum absolute atomic E-state index is 0.616. The lowest BCUT2D eigenvalue weighted by Crippen LogP contribution is -1.98. The van der Waals surface area contributed by atoms with Crippen molar-refractivity contribution in [3.63, 3.8) is 0 Å². The molecule has 0 aliphatic rings. The average molecular weight is 577 g/mol. The smallest absolute Gasteiger partial charge is 0.227 e. The van der Waals surface area contributed by atoms with E-state index in [1.165, 1.54) is 32.3 Å². The molecule has 0 radical (unpaired) electrons. The maximum absolute atomic E-state index is 6.22. The monoisotopic (exact) mass is 576 g/mol. The van der Waals surface area contributed by atoms with Crippen LogP contribution in [0.3, 0.4) is 0 Å². The zero-order valence-electron chi connectivity index (χ0n) is 24.1. The van der Waals surface area contributed by atoms with Gasteiger partial charge in [-0.2, -0.15) is 0 Å². The second-order valence-electron chi connectivity index (χ2n) is 11.5. The van der Waals surface area contributed by atoms with Crippen molar-refractivity contribution in [2.75, 3.05) is 0 Å². The predicted molar refractivity (Wildman–Crippen MR) is 183 cm³/mol. The van der Waals surface area contributed by atoms with Gasteiger partial charge in [-0.1, -0.05) is 78.9 Å². The lowest BCUT2D eigenvalue weighted by molar-refractivity contribution is 0.620. The predicted octanol–water partition coefficient (Wildman–Crippen LogP) is 10.2. The van der Waals surface area contributed by atoms with Gasteiger partial charge in [0.2, 0.25) is 5.89 Å². The third kappa shape index (κ3) is 3.49. The largest absolute Gasteiger partial charge is 0.436 e. The molecule has 210 valence electrons. The molecule has 0 aliphatic carbocycles. The highest BCUT2D eigenvalue weighted by Crippen LogP contribution is 2.40. The molecule has 0 bridgehead atoms. The summed E-state index contributed by atoms with van der Waals surface area (Å²) in [6.45, 7) is 0. The molecule has 0 saturated heterocycles. The highest BCUT2D eigenvalue weighted by atomic mass is 16.3. The van der Waals surface area contributed by atoms with E-state index in [9.17, 15) is 0 Å². The molecule has 45 heavy (non-hydrogen) atoms. The number of oxazole rings is 1. The van der Waals surface area contributed by atoms with E-state index >= 15 is 0 Å². The summed E-state index contributed by atoms with van der Waals surface area (Å²) in [6, 6.07) is 49.0. The normalized spacial score (nSPS) is 12.0. The third-order valence-corrected chi connectivity index (χ3v) is 8.99. The van der Waals surface area contributed by atoms with Gasteiger partial charge in [-0.3, -0.25) is 4.57 Å². The number of aromatic nitrogens is 4.